The molecule has 0 saturated carbocycles. The smallest absolute Gasteiger partial charge is 0.139 e. The van der Waals surface area contributed by atoms with Gasteiger partial charge in [-0.15, -0.1) is 0 Å². The molecule has 0 amide bonds. The van der Waals surface area contributed by atoms with E-state index < -0.39 is 0 Å². The molecule has 1 N–H and O–H groups in total. The number of piperidine rings is 1. The molecule has 4 nitrogen and oxygen atoms in total. The lowest BCUT2D eigenvalue weighted by atomic mass is 9.79. The van der Waals surface area contributed by atoms with E-state index in [1.54, 1.807) is 14.2 Å². The van der Waals surface area contributed by atoms with E-state index in [9.17, 15) is 4.79 Å². The van der Waals surface area contributed by atoms with Gasteiger partial charge in [-0.25, -0.2) is 0 Å². The number of rotatable bonds is 6. The molecule has 3 rings (SSSR count). The highest BCUT2D eigenvalue weighted by atomic mass is 16.5. The van der Waals surface area contributed by atoms with Crippen LogP contribution in [0.2, 0.25) is 0 Å². The first kappa shape index (κ1) is 18.5. The predicted octanol–water partition coefficient (Wildman–Crippen LogP) is 4.46. The molecule has 138 valence electrons. The molecule has 2 aromatic carbocycles. The van der Waals surface area contributed by atoms with Crippen molar-refractivity contribution in [3.63, 3.8) is 0 Å². The lowest BCUT2D eigenvalue weighted by molar-refractivity contribution is -0.127. The molecule has 1 saturated heterocycles. The number of benzene rings is 2. The Labute approximate surface area is 155 Å². The van der Waals surface area contributed by atoms with Gasteiger partial charge in [-0.05, 0) is 41.8 Å². The van der Waals surface area contributed by atoms with Gasteiger partial charge in [0.15, 0.2) is 0 Å². The van der Waals surface area contributed by atoms with Crippen molar-refractivity contribution in [3.8, 4) is 11.5 Å². The van der Waals surface area contributed by atoms with E-state index in [-0.39, 0.29) is 18.0 Å². The fourth-order valence-corrected chi connectivity index (χ4v) is 3.76. The van der Waals surface area contributed by atoms with Gasteiger partial charge in [-0.2, -0.15) is 0 Å². The van der Waals surface area contributed by atoms with Crippen molar-refractivity contribution in [3.05, 3.63) is 59.7 Å². The number of hydrogen-bond donors (Lipinski definition) is 1. The van der Waals surface area contributed by atoms with Gasteiger partial charge < -0.3 is 14.8 Å². The summed E-state index contributed by atoms with van der Waals surface area (Å²) in [6, 6.07) is 16.0. The number of ether oxygens (including phenoxy) is 2. The van der Waals surface area contributed by atoms with Crippen LogP contribution in [0.3, 0.4) is 0 Å². The molecule has 1 aliphatic heterocycles. The van der Waals surface area contributed by atoms with Crippen LogP contribution in [0.5, 0.6) is 11.5 Å². The zero-order chi connectivity index (χ0) is 18.5. The minimum absolute atomic E-state index is 0.0166. The second kappa shape index (κ2) is 8.37. The van der Waals surface area contributed by atoms with Crippen molar-refractivity contribution in [1.82, 2.24) is 5.32 Å². The molecule has 0 aliphatic carbocycles. The van der Waals surface area contributed by atoms with E-state index >= 15 is 0 Å². The first-order valence-electron chi connectivity index (χ1n) is 9.23. The summed E-state index contributed by atoms with van der Waals surface area (Å²) in [5.74, 6) is 2.01. The Bertz CT molecular complexity index is 724. The molecule has 0 bridgehead atoms. The Balaban J connectivity index is 1.87. The minimum Gasteiger partial charge on any atom is -0.497 e. The van der Waals surface area contributed by atoms with E-state index in [0.29, 0.717) is 12.2 Å². The van der Waals surface area contributed by atoms with Gasteiger partial charge in [-0.1, -0.05) is 37.6 Å². The molecular formula is C22H27NO3. The maximum atomic E-state index is 12.9. The summed E-state index contributed by atoms with van der Waals surface area (Å²) >= 11 is 0. The fourth-order valence-electron chi connectivity index (χ4n) is 3.76. The average Bonchev–Trinajstić information content (AvgIpc) is 2.69. The Kier molecular flexibility index (Phi) is 5.94. The monoisotopic (exact) mass is 353 g/mol. The molecule has 1 fully saturated rings. The quantitative estimate of drug-likeness (QED) is 0.833. The third kappa shape index (κ3) is 3.91. The third-order valence-electron chi connectivity index (χ3n) is 5.19. The molecule has 1 heterocycles. The lowest BCUT2D eigenvalue weighted by Gasteiger charge is -2.37. The first-order valence-corrected chi connectivity index (χ1v) is 9.23. The van der Waals surface area contributed by atoms with E-state index in [2.05, 4.69) is 24.4 Å². The highest BCUT2D eigenvalue weighted by molar-refractivity contribution is 5.83. The maximum Gasteiger partial charge on any atom is 0.139 e. The molecule has 0 aromatic heterocycles. The molecule has 26 heavy (non-hydrogen) atoms. The third-order valence-corrected chi connectivity index (χ3v) is 5.19. The summed E-state index contributed by atoms with van der Waals surface area (Å²) in [4.78, 5) is 12.9. The molecule has 1 aliphatic rings. The topological polar surface area (TPSA) is 47.6 Å². The highest BCUT2D eigenvalue weighted by Gasteiger charge is 2.36. The second-order valence-electron chi connectivity index (χ2n) is 6.81. The summed E-state index contributed by atoms with van der Waals surface area (Å²) in [5.41, 5.74) is 2.25. The molecule has 3 atom stereocenters. The zero-order valence-corrected chi connectivity index (χ0v) is 15.7. The first-order chi connectivity index (χ1) is 12.7. The van der Waals surface area contributed by atoms with Gasteiger partial charge in [0.2, 0.25) is 0 Å². The van der Waals surface area contributed by atoms with Gasteiger partial charge in [0.25, 0.3) is 0 Å². The molecule has 0 spiro atoms. The van der Waals surface area contributed by atoms with Crippen molar-refractivity contribution in [2.45, 2.75) is 38.3 Å². The summed E-state index contributed by atoms with van der Waals surface area (Å²) in [6.07, 6.45) is 2.43. The Hall–Kier alpha value is -2.33. The average molecular weight is 353 g/mol. The number of ketones is 1. The van der Waals surface area contributed by atoms with Gasteiger partial charge in [-0.3, -0.25) is 4.79 Å². The normalized spacial score (nSPS) is 22.9. The second-order valence-corrected chi connectivity index (χ2v) is 6.81. The van der Waals surface area contributed by atoms with Crippen LogP contribution in [0.15, 0.2) is 48.5 Å². The molecule has 0 unspecified atom stereocenters. The predicted molar refractivity (Wildman–Crippen MR) is 103 cm³/mol. The summed E-state index contributed by atoms with van der Waals surface area (Å²) < 4.78 is 10.5. The molecule has 0 radical (unpaired) electrons. The SMILES string of the molecule is CCC[C@@H]1C(=O)C[C@@H](c2ccc(OC)cc2)N[C@H]1c1ccc(OC)cc1. The number of nitrogens with one attached hydrogen (secondary N) is 1. The van der Waals surface area contributed by atoms with E-state index in [0.717, 1.165) is 35.5 Å². The Morgan fingerprint density at radius 2 is 1.46 bits per heavy atom. The Morgan fingerprint density at radius 3 is 1.96 bits per heavy atom. The van der Waals surface area contributed by atoms with Crippen molar-refractivity contribution >= 4 is 5.78 Å². The standard InChI is InChI=1S/C22H27NO3/c1-4-5-19-21(24)14-20(15-6-10-17(25-2)11-7-15)23-22(19)16-8-12-18(26-3)13-9-16/h6-13,19-20,22-23H,4-5,14H2,1-3H3/t19-,20+,22+/m1/s1. The summed E-state index contributed by atoms with van der Waals surface area (Å²) in [7, 11) is 3.32. The van der Waals surface area contributed by atoms with E-state index in [1.165, 1.54) is 0 Å². The van der Waals surface area contributed by atoms with Crippen LogP contribution in [0.1, 0.15) is 49.4 Å². The van der Waals surface area contributed by atoms with Crippen LogP contribution < -0.4 is 14.8 Å². The van der Waals surface area contributed by atoms with Gasteiger partial charge in [0.05, 0.1) is 14.2 Å². The fraction of sp³-hybridized carbons (Fsp3) is 0.409. The van der Waals surface area contributed by atoms with Crippen molar-refractivity contribution < 1.29 is 14.3 Å². The number of carbonyl (C=O) groups excluding carboxylic acids is 1. The van der Waals surface area contributed by atoms with E-state index in [1.807, 2.05) is 36.4 Å². The number of methoxy groups -OCH3 is 2. The van der Waals surface area contributed by atoms with Crippen LogP contribution in [-0.4, -0.2) is 20.0 Å². The summed E-state index contributed by atoms with van der Waals surface area (Å²) in [6.45, 7) is 2.13. The van der Waals surface area contributed by atoms with Crippen LogP contribution in [0.25, 0.3) is 0 Å². The maximum absolute atomic E-state index is 12.9. The zero-order valence-electron chi connectivity index (χ0n) is 15.7. The van der Waals surface area contributed by atoms with Crippen LogP contribution >= 0.6 is 0 Å². The largest absolute Gasteiger partial charge is 0.497 e. The van der Waals surface area contributed by atoms with Gasteiger partial charge in [0.1, 0.15) is 17.3 Å². The van der Waals surface area contributed by atoms with Crippen molar-refractivity contribution in [2.24, 2.45) is 5.92 Å². The van der Waals surface area contributed by atoms with Crippen molar-refractivity contribution in [1.29, 1.82) is 0 Å². The highest BCUT2D eigenvalue weighted by Crippen LogP contribution is 2.37. The molecule has 4 heteroatoms. The van der Waals surface area contributed by atoms with Crippen LogP contribution in [-0.2, 0) is 4.79 Å². The van der Waals surface area contributed by atoms with Gasteiger partial charge in [0, 0.05) is 24.4 Å². The number of hydrogen-bond acceptors (Lipinski definition) is 4. The molecule has 2 aromatic rings. The lowest BCUT2D eigenvalue weighted by Crippen LogP contribution is -2.42. The van der Waals surface area contributed by atoms with Crippen molar-refractivity contribution in [2.75, 3.05) is 14.2 Å². The Morgan fingerprint density at radius 1 is 0.923 bits per heavy atom. The van der Waals surface area contributed by atoms with E-state index in [4.69, 9.17) is 9.47 Å². The number of carbonyl (C=O) groups is 1. The van der Waals surface area contributed by atoms with Gasteiger partial charge >= 0.3 is 0 Å². The molecular weight excluding hydrogens is 326 g/mol. The summed E-state index contributed by atoms with van der Waals surface area (Å²) in [5, 5.41) is 3.72. The minimum atomic E-state index is 0.0166. The van der Waals surface area contributed by atoms with Crippen LogP contribution in [0.4, 0.5) is 0 Å². The number of Topliss-reactive ketones (excluding diaryl/α,β-unsaturated/α-hetero) is 1. The van der Waals surface area contributed by atoms with Crippen LogP contribution in [0, 0.1) is 5.92 Å².